The van der Waals surface area contributed by atoms with E-state index in [9.17, 15) is 0 Å². The Kier molecular flexibility index (Phi) is 7.47. The third-order valence-electron chi connectivity index (χ3n) is 11.9. The highest BCUT2D eigenvalue weighted by Gasteiger charge is 2.51. The quantitative estimate of drug-likeness (QED) is 0.166. The fraction of sp³-hybridized carbons (Fsp3) is 0.0182. The lowest BCUT2D eigenvalue weighted by atomic mass is 9.70. The van der Waals surface area contributed by atoms with Gasteiger partial charge < -0.3 is 4.90 Å². The standard InChI is InChI=1S/C55H37N/c1-3-13-38(14-4-1)40-23-30-44(31-24-40)56(45-32-25-41(26-33-45)39-15-5-2-6-16-39)46-34-27-42(28-35-46)43-29-36-54-50(37-43)49-19-9-12-22-53(49)55(54)51-20-10-7-17-47(51)48-18-8-11-21-52(48)55/h1-37H. The van der Waals surface area contributed by atoms with Crippen molar-refractivity contribution in [3.8, 4) is 55.6 Å². The summed E-state index contributed by atoms with van der Waals surface area (Å²) >= 11 is 0. The molecule has 1 nitrogen and oxygen atoms in total. The number of fused-ring (bicyclic) bond motifs is 10. The molecule has 0 bridgehead atoms. The molecule has 0 aliphatic heterocycles. The normalized spacial score (nSPS) is 12.8. The van der Waals surface area contributed by atoms with Gasteiger partial charge in [-0.3, -0.25) is 0 Å². The maximum absolute atomic E-state index is 2.42. The first-order valence-corrected chi connectivity index (χ1v) is 19.4. The van der Waals surface area contributed by atoms with E-state index >= 15 is 0 Å². The van der Waals surface area contributed by atoms with E-state index in [0.717, 1.165) is 17.1 Å². The van der Waals surface area contributed by atoms with Crippen LogP contribution in [0.4, 0.5) is 17.1 Å². The minimum Gasteiger partial charge on any atom is -0.311 e. The molecule has 2 aliphatic carbocycles. The fourth-order valence-electron chi connectivity index (χ4n) is 9.40. The number of anilines is 3. The van der Waals surface area contributed by atoms with E-state index in [1.165, 1.54) is 77.9 Å². The van der Waals surface area contributed by atoms with Gasteiger partial charge in [0.25, 0.3) is 0 Å². The Morgan fingerprint density at radius 2 is 0.536 bits per heavy atom. The molecule has 0 saturated heterocycles. The molecule has 0 aromatic heterocycles. The number of hydrogen-bond donors (Lipinski definition) is 0. The number of rotatable bonds is 6. The van der Waals surface area contributed by atoms with Crippen molar-refractivity contribution in [3.63, 3.8) is 0 Å². The van der Waals surface area contributed by atoms with Gasteiger partial charge in [-0.15, -0.1) is 0 Å². The van der Waals surface area contributed by atoms with Crippen molar-refractivity contribution in [2.24, 2.45) is 0 Å². The zero-order valence-electron chi connectivity index (χ0n) is 30.8. The van der Waals surface area contributed by atoms with Crippen molar-refractivity contribution < 1.29 is 0 Å². The van der Waals surface area contributed by atoms with Gasteiger partial charge in [-0.05, 0) is 120 Å². The molecule has 9 aromatic rings. The topological polar surface area (TPSA) is 3.24 Å². The van der Waals surface area contributed by atoms with Crippen molar-refractivity contribution >= 4 is 17.1 Å². The number of nitrogens with zero attached hydrogens (tertiary/aromatic N) is 1. The van der Waals surface area contributed by atoms with Crippen LogP contribution in [0.2, 0.25) is 0 Å². The highest BCUT2D eigenvalue weighted by atomic mass is 15.1. The van der Waals surface area contributed by atoms with Crippen LogP contribution in [0, 0.1) is 0 Å². The lowest BCUT2D eigenvalue weighted by molar-refractivity contribution is 0.794. The maximum Gasteiger partial charge on any atom is 0.0725 e. The second kappa shape index (κ2) is 13.0. The summed E-state index contributed by atoms with van der Waals surface area (Å²) in [5, 5.41) is 0. The Bertz CT molecular complexity index is 2740. The summed E-state index contributed by atoms with van der Waals surface area (Å²) in [5.74, 6) is 0. The summed E-state index contributed by atoms with van der Waals surface area (Å²) in [6, 6.07) is 82.2. The van der Waals surface area contributed by atoms with E-state index in [4.69, 9.17) is 0 Å². The molecular weight excluding hydrogens is 675 g/mol. The Hall–Kier alpha value is -7.22. The van der Waals surface area contributed by atoms with Crippen molar-refractivity contribution in [3.05, 3.63) is 247 Å². The van der Waals surface area contributed by atoms with E-state index in [1.807, 2.05) is 0 Å². The average molecular weight is 712 g/mol. The van der Waals surface area contributed by atoms with Gasteiger partial charge >= 0.3 is 0 Å². The SMILES string of the molecule is c1ccc(-c2ccc(N(c3ccc(-c4ccccc4)cc3)c3ccc(-c4ccc5c(c4)-c4ccccc4C54c5ccccc5-c5ccccc54)cc3)cc2)cc1. The van der Waals surface area contributed by atoms with Gasteiger partial charge in [-0.1, -0.05) is 182 Å². The van der Waals surface area contributed by atoms with Gasteiger partial charge in [0, 0.05) is 17.1 Å². The zero-order valence-corrected chi connectivity index (χ0v) is 30.8. The van der Waals surface area contributed by atoms with Gasteiger partial charge in [0.1, 0.15) is 0 Å². The van der Waals surface area contributed by atoms with E-state index < -0.39 is 0 Å². The molecule has 1 spiro atoms. The van der Waals surface area contributed by atoms with Crippen molar-refractivity contribution in [1.29, 1.82) is 0 Å². The molecule has 2 aliphatic rings. The van der Waals surface area contributed by atoms with Crippen LogP contribution in [0.1, 0.15) is 22.3 Å². The number of hydrogen-bond acceptors (Lipinski definition) is 1. The first-order chi connectivity index (χ1) is 27.8. The first kappa shape index (κ1) is 32.2. The molecule has 0 atom stereocenters. The van der Waals surface area contributed by atoms with Gasteiger partial charge in [0.2, 0.25) is 0 Å². The van der Waals surface area contributed by atoms with E-state index in [-0.39, 0.29) is 5.41 Å². The van der Waals surface area contributed by atoms with Crippen LogP contribution in [-0.2, 0) is 5.41 Å². The third-order valence-corrected chi connectivity index (χ3v) is 11.9. The van der Waals surface area contributed by atoms with E-state index in [1.54, 1.807) is 0 Å². The van der Waals surface area contributed by atoms with Crippen molar-refractivity contribution in [1.82, 2.24) is 0 Å². The summed E-state index contributed by atoms with van der Waals surface area (Å²) in [4.78, 5) is 2.35. The van der Waals surface area contributed by atoms with Gasteiger partial charge in [-0.25, -0.2) is 0 Å². The van der Waals surface area contributed by atoms with Crippen LogP contribution in [0.5, 0.6) is 0 Å². The Labute approximate surface area is 328 Å². The molecule has 0 saturated carbocycles. The van der Waals surface area contributed by atoms with E-state index in [2.05, 4.69) is 229 Å². The fourth-order valence-corrected chi connectivity index (χ4v) is 9.40. The minimum absolute atomic E-state index is 0.325. The van der Waals surface area contributed by atoms with Crippen molar-refractivity contribution in [2.75, 3.05) is 4.90 Å². The molecule has 9 aromatic carbocycles. The summed E-state index contributed by atoms with van der Waals surface area (Å²) in [6.45, 7) is 0. The van der Waals surface area contributed by atoms with Crippen LogP contribution in [0.25, 0.3) is 55.6 Å². The van der Waals surface area contributed by atoms with Gasteiger partial charge in [0.15, 0.2) is 0 Å². The predicted octanol–water partition coefficient (Wildman–Crippen LogP) is 14.5. The summed E-state index contributed by atoms with van der Waals surface area (Å²) in [7, 11) is 0. The smallest absolute Gasteiger partial charge is 0.0725 e. The molecule has 56 heavy (non-hydrogen) atoms. The Morgan fingerprint density at radius 3 is 0.964 bits per heavy atom. The molecular formula is C55H37N. The molecule has 0 fully saturated rings. The lowest BCUT2D eigenvalue weighted by Gasteiger charge is -2.30. The van der Waals surface area contributed by atoms with Crippen molar-refractivity contribution in [2.45, 2.75) is 5.41 Å². The van der Waals surface area contributed by atoms with Crippen LogP contribution in [0.15, 0.2) is 224 Å². The van der Waals surface area contributed by atoms with Crippen LogP contribution in [0.3, 0.4) is 0 Å². The molecule has 0 radical (unpaired) electrons. The highest BCUT2D eigenvalue weighted by molar-refractivity contribution is 5.96. The second-order valence-corrected chi connectivity index (χ2v) is 14.9. The molecule has 0 amide bonds. The van der Waals surface area contributed by atoms with Crippen LogP contribution < -0.4 is 4.90 Å². The van der Waals surface area contributed by atoms with E-state index in [0.29, 0.717) is 0 Å². The molecule has 262 valence electrons. The molecule has 1 heteroatoms. The van der Waals surface area contributed by atoms with Crippen LogP contribution >= 0.6 is 0 Å². The number of benzene rings is 9. The third kappa shape index (κ3) is 4.95. The summed E-state index contributed by atoms with van der Waals surface area (Å²) in [6.07, 6.45) is 0. The zero-order chi connectivity index (χ0) is 37.1. The summed E-state index contributed by atoms with van der Waals surface area (Å²) in [5.41, 5.74) is 21.0. The molecule has 0 N–H and O–H groups in total. The molecule has 0 unspecified atom stereocenters. The average Bonchev–Trinajstić information content (AvgIpc) is 3.75. The van der Waals surface area contributed by atoms with Gasteiger partial charge in [0.05, 0.1) is 5.41 Å². The highest BCUT2D eigenvalue weighted by Crippen LogP contribution is 2.63. The predicted molar refractivity (Wildman–Crippen MR) is 234 cm³/mol. The molecule has 11 rings (SSSR count). The van der Waals surface area contributed by atoms with Gasteiger partial charge in [-0.2, -0.15) is 0 Å². The monoisotopic (exact) mass is 711 g/mol. The Morgan fingerprint density at radius 1 is 0.232 bits per heavy atom. The lowest BCUT2D eigenvalue weighted by Crippen LogP contribution is -2.25. The first-order valence-electron chi connectivity index (χ1n) is 19.4. The second-order valence-electron chi connectivity index (χ2n) is 14.9. The minimum atomic E-state index is -0.325. The van der Waals surface area contributed by atoms with Crippen LogP contribution in [-0.4, -0.2) is 0 Å². The Balaban J connectivity index is 0.993. The molecule has 0 heterocycles. The maximum atomic E-state index is 2.42. The summed E-state index contributed by atoms with van der Waals surface area (Å²) < 4.78 is 0. The largest absolute Gasteiger partial charge is 0.311 e.